The summed E-state index contributed by atoms with van der Waals surface area (Å²) in [5.41, 5.74) is -0.0416. The molecule has 0 radical (unpaired) electrons. The minimum Gasteiger partial charge on any atom is -0.476 e. The molecule has 1 aliphatic rings. The van der Waals surface area contributed by atoms with Crippen LogP contribution in [0, 0.1) is 0 Å². The van der Waals surface area contributed by atoms with Crippen molar-refractivity contribution < 1.29 is 9.90 Å². The molecule has 0 aliphatic carbocycles. The standard InChI is InChI=1S/C12H19N5O2/c1-16-3-4-17(2)9(8-16)5-14-11-7-13-10(6-15-11)12(18)19/h6-7,9H,3-5,8H2,1-2H3,(H,14,15)(H,18,19). The van der Waals surface area contributed by atoms with Crippen LogP contribution in [0.15, 0.2) is 12.4 Å². The maximum absolute atomic E-state index is 10.7. The number of likely N-dealkylation sites (N-methyl/N-ethyl adjacent to an activating group) is 2. The number of nitrogens with zero attached hydrogens (tertiary/aromatic N) is 4. The van der Waals surface area contributed by atoms with Crippen molar-refractivity contribution in [2.45, 2.75) is 6.04 Å². The minimum absolute atomic E-state index is 0.0416. The van der Waals surface area contributed by atoms with Gasteiger partial charge in [0.15, 0.2) is 5.69 Å². The first kappa shape index (κ1) is 13.7. The molecule has 1 saturated heterocycles. The number of carbonyl (C=O) groups is 1. The highest BCUT2D eigenvalue weighted by Crippen LogP contribution is 2.08. The summed E-state index contributed by atoms with van der Waals surface area (Å²) in [7, 11) is 4.22. The van der Waals surface area contributed by atoms with Gasteiger partial charge in [-0.3, -0.25) is 4.90 Å². The molecule has 1 aromatic rings. The fraction of sp³-hybridized carbons (Fsp3) is 0.583. The fourth-order valence-corrected chi connectivity index (χ4v) is 2.07. The highest BCUT2D eigenvalue weighted by molar-refractivity contribution is 5.84. The van der Waals surface area contributed by atoms with E-state index in [4.69, 9.17) is 5.11 Å². The summed E-state index contributed by atoms with van der Waals surface area (Å²) in [6.45, 7) is 3.90. The number of hydrogen-bond donors (Lipinski definition) is 2. The largest absolute Gasteiger partial charge is 0.476 e. The summed E-state index contributed by atoms with van der Waals surface area (Å²) in [6, 6.07) is 0.416. The van der Waals surface area contributed by atoms with Crippen LogP contribution in [0.25, 0.3) is 0 Å². The quantitative estimate of drug-likeness (QED) is 0.782. The molecule has 0 spiro atoms. The second kappa shape index (κ2) is 5.94. The molecule has 0 bridgehead atoms. The number of aromatic carboxylic acids is 1. The normalized spacial score (nSPS) is 21.3. The fourth-order valence-electron chi connectivity index (χ4n) is 2.07. The van der Waals surface area contributed by atoms with Gasteiger partial charge >= 0.3 is 5.97 Å². The second-order valence-electron chi connectivity index (χ2n) is 4.87. The second-order valence-corrected chi connectivity index (χ2v) is 4.87. The molecule has 1 aromatic heterocycles. The lowest BCUT2D eigenvalue weighted by Gasteiger charge is -2.37. The number of hydrogen-bond acceptors (Lipinski definition) is 6. The Bertz CT molecular complexity index is 436. The minimum atomic E-state index is -1.06. The van der Waals surface area contributed by atoms with E-state index in [1.807, 2.05) is 0 Å². The first-order valence-corrected chi connectivity index (χ1v) is 6.24. The third kappa shape index (κ3) is 3.62. The Morgan fingerprint density at radius 3 is 2.84 bits per heavy atom. The molecule has 2 heterocycles. The van der Waals surface area contributed by atoms with E-state index in [1.165, 1.54) is 12.4 Å². The van der Waals surface area contributed by atoms with Crippen LogP contribution in [0.4, 0.5) is 5.82 Å². The lowest BCUT2D eigenvalue weighted by molar-refractivity contribution is 0.0690. The zero-order valence-electron chi connectivity index (χ0n) is 11.2. The number of piperazine rings is 1. The average molecular weight is 265 g/mol. The molecule has 1 fully saturated rings. The van der Waals surface area contributed by atoms with Gasteiger partial charge in [0.05, 0.1) is 12.4 Å². The highest BCUT2D eigenvalue weighted by atomic mass is 16.4. The SMILES string of the molecule is CN1CCN(C)C(CNc2cnc(C(=O)O)cn2)C1. The monoisotopic (exact) mass is 265 g/mol. The van der Waals surface area contributed by atoms with E-state index in [-0.39, 0.29) is 5.69 Å². The van der Waals surface area contributed by atoms with E-state index in [0.29, 0.717) is 11.9 Å². The third-order valence-corrected chi connectivity index (χ3v) is 3.37. The van der Waals surface area contributed by atoms with E-state index in [2.05, 4.69) is 39.2 Å². The Labute approximate surface area is 112 Å². The summed E-state index contributed by atoms with van der Waals surface area (Å²) in [5, 5.41) is 11.9. The topological polar surface area (TPSA) is 81.6 Å². The van der Waals surface area contributed by atoms with Crippen molar-refractivity contribution >= 4 is 11.8 Å². The zero-order chi connectivity index (χ0) is 13.8. The maximum atomic E-state index is 10.7. The van der Waals surface area contributed by atoms with Gasteiger partial charge in [-0.05, 0) is 14.1 Å². The molecule has 1 unspecified atom stereocenters. The van der Waals surface area contributed by atoms with Gasteiger partial charge in [-0.25, -0.2) is 14.8 Å². The van der Waals surface area contributed by atoms with Gasteiger partial charge in [-0.15, -0.1) is 0 Å². The number of anilines is 1. The molecular weight excluding hydrogens is 246 g/mol. The Balaban J connectivity index is 1.89. The Hall–Kier alpha value is -1.73. The lowest BCUT2D eigenvalue weighted by Crippen LogP contribution is -2.52. The third-order valence-electron chi connectivity index (χ3n) is 3.37. The van der Waals surface area contributed by atoms with Crippen molar-refractivity contribution in [2.75, 3.05) is 45.6 Å². The summed E-state index contributed by atoms with van der Waals surface area (Å²) in [4.78, 5) is 23.1. The average Bonchev–Trinajstić information content (AvgIpc) is 2.40. The van der Waals surface area contributed by atoms with Crippen molar-refractivity contribution in [1.82, 2.24) is 19.8 Å². The Kier molecular flexibility index (Phi) is 4.28. The highest BCUT2D eigenvalue weighted by Gasteiger charge is 2.21. The van der Waals surface area contributed by atoms with Crippen molar-refractivity contribution in [3.8, 4) is 0 Å². The van der Waals surface area contributed by atoms with Gasteiger partial charge in [-0.1, -0.05) is 0 Å². The van der Waals surface area contributed by atoms with Gasteiger partial charge < -0.3 is 15.3 Å². The summed E-state index contributed by atoms with van der Waals surface area (Å²) in [6.07, 6.45) is 2.72. The van der Waals surface area contributed by atoms with Crippen LogP contribution >= 0.6 is 0 Å². The van der Waals surface area contributed by atoms with Gasteiger partial charge in [0.25, 0.3) is 0 Å². The van der Waals surface area contributed by atoms with Crippen LogP contribution in [0.1, 0.15) is 10.5 Å². The van der Waals surface area contributed by atoms with Crippen LogP contribution in [-0.4, -0.2) is 77.2 Å². The Morgan fingerprint density at radius 2 is 2.21 bits per heavy atom. The molecule has 19 heavy (non-hydrogen) atoms. The molecule has 0 amide bonds. The first-order valence-electron chi connectivity index (χ1n) is 6.24. The van der Waals surface area contributed by atoms with E-state index in [0.717, 1.165) is 26.2 Å². The first-order chi connectivity index (χ1) is 9.06. The molecule has 7 heteroatoms. The smallest absolute Gasteiger partial charge is 0.356 e. The van der Waals surface area contributed by atoms with Crippen LogP contribution in [-0.2, 0) is 0 Å². The maximum Gasteiger partial charge on any atom is 0.356 e. The number of carboxylic acid groups (broad SMARTS) is 1. The molecule has 1 aliphatic heterocycles. The van der Waals surface area contributed by atoms with Crippen LogP contribution in [0.2, 0.25) is 0 Å². The summed E-state index contributed by atoms with van der Waals surface area (Å²) in [5.74, 6) is -0.459. The number of aromatic nitrogens is 2. The van der Waals surface area contributed by atoms with E-state index in [1.54, 1.807) is 0 Å². The predicted molar refractivity (Wildman–Crippen MR) is 71.4 cm³/mol. The molecule has 0 aromatic carbocycles. The van der Waals surface area contributed by atoms with Crippen LogP contribution in [0.3, 0.4) is 0 Å². The number of rotatable bonds is 4. The molecule has 2 N–H and O–H groups in total. The molecule has 104 valence electrons. The van der Waals surface area contributed by atoms with Gasteiger partial charge in [-0.2, -0.15) is 0 Å². The molecule has 0 saturated carbocycles. The zero-order valence-corrected chi connectivity index (χ0v) is 11.2. The summed E-state index contributed by atoms with van der Waals surface area (Å²) >= 11 is 0. The lowest BCUT2D eigenvalue weighted by atomic mass is 10.2. The van der Waals surface area contributed by atoms with Crippen LogP contribution in [0.5, 0.6) is 0 Å². The van der Waals surface area contributed by atoms with E-state index < -0.39 is 5.97 Å². The molecular formula is C12H19N5O2. The van der Waals surface area contributed by atoms with E-state index in [9.17, 15) is 4.79 Å². The molecule has 2 rings (SSSR count). The van der Waals surface area contributed by atoms with Crippen molar-refractivity contribution in [2.24, 2.45) is 0 Å². The number of carboxylic acids is 1. The molecule has 1 atom stereocenters. The molecule has 7 nitrogen and oxygen atoms in total. The van der Waals surface area contributed by atoms with Gasteiger partial charge in [0, 0.05) is 32.2 Å². The van der Waals surface area contributed by atoms with E-state index >= 15 is 0 Å². The number of nitrogens with one attached hydrogen (secondary N) is 1. The predicted octanol–water partition coefficient (Wildman–Crippen LogP) is -0.167. The van der Waals surface area contributed by atoms with Gasteiger partial charge in [0.2, 0.25) is 0 Å². The summed E-state index contributed by atoms with van der Waals surface area (Å²) < 4.78 is 0. The van der Waals surface area contributed by atoms with Gasteiger partial charge in [0.1, 0.15) is 5.82 Å². The Morgan fingerprint density at radius 1 is 1.42 bits per heavy atom. The van der Waals surface area contributed by atoms with Crippen molar-refractivity contribution in [3.63, 3.8) is 0 Å². The van der Waals surface area contributed by atoms with Crippen molar-refractivity contribution in [1.29, 1.82) is 0 Å². The van der Waals surface area contributed by atoms with Crippen molar-refractivity contribution in [3.05, 3.63) is 18.1 Å². The van der Waals surface area contributed by atoms with Crippen LogP contribution < -0.4 is 5.32 Å².